The summed E-state index contributed by atoms with van der Waals surface area (Å²) in [6, 6.07) is 9.76. The van der Waals surface area contributed by atoms with Gasteiger partial charge in [-0.15, -0.1) is 0 Å². The van der Waals surface area contributed by atoms with Gasteiger partial charge in [-0.1, -0.05) is 69.7 Å². The molecule has 0 bridgehead atoms. The van der Waals surface area contributed by atoms with E-state index in [9.17, 15) is 30.2 Å². The van der Waals surface area contributed by atoms with E-state index in [1.165, 1.54) is 12.1 Å². The zero-order valence-corrected chi connectivity index (χ0v) is 29.2. The molecule has 0 spiro atoms. The second-order valence-electron chi connectivity index (χ2n) is 10.0. The minimum absolute atomic E-state index is 0.0290. The largest absolute Gasteiger partial charge is 0.507 e. The number of carbonyl (C=O) groups excluding carboxylic acids is 2. The quantitative estimate of drug-likeness (QED) is 0.0265. The average Bonchev–Trinajstić information content (AvgIpc) is 3.01. The van der Waals surface area contributed by atoms with Crippen molar-refractivity contribution in [3.05, 3.63) is 56.5 Å². The van der Waals surface area contributed by atoms with Crippen LogP contribution in [0, 0.1) is 0 Å². The SMILES string of the molecule is O=C(NCCCCCCSSCCCCCCNC(=O)/C(Cc1ccc(O)c(Br)c1)=N/O)/C(Cc1ccc(O)c(Br)c1)=N/O. The second-order valence-corrected chi connectivity index (χ2v) is 14.4. The number of nitrogens with zero attached hydrogens (tertiary/aromatic N) is 2. The molecular formula is C30H40Br2N4O6S2. The summed E-state index contributed by atoms with van der Waals surface area (Å²) in [4.78, 5) is 24.6. The molecule has 0 atom stereocenters. The van der Waals surface area contributed by atoms with Crippen LogP contribution in [0.3, 0.4) is 0 Å². The van der Waals surface area contributed by atoms with Gasteiger partial charge in [0, 0.05) is 37.4 Å². The molecular weight excluding hydrogens is 736 g/mol. The van der Waals surface area contributed by atoms with E-state index in [1.807, 2.05) is 21.6 Å². The lowest BCUT2D eigenvalue weighted by Crippen LogP contribution is -2.33. The minimum atomic E-state index is -0.394. The Labute approximate surface area is 283 Å². The van der Waals surface area contributed by atoms with Crippen LogP contribution in [0.15, 0.2) is 55.7 Å². The van der Waals surface area contributed by atoms with Gasteiger partial charge in [-0.25, -0.2) is 0 Å². The van der Waals surface area contributed by atoms with Crippen LogP contribution < -0.4 is 10.6 Å². The van der Waals surface area contributed by atoms with Gasteiger partial charge in [0.15, 0.2) is 0 Å². The molecule has 2 aromatic rings. The number of phenols is 2. The molecule has 0 aromatic heterocycles. The van der Waals surface area contributed by atoms with Crippen molar-refractivity contribution in [3.63, 3.8) is 0 Å². The number of hydrogen-bond donors (Lipinski definition) is 6. The molecule has 2 aromatic carbocycles. The molecule has 6 N–H and O–H groups in total. The summed E-state index contributed by atoms with van der Waals surface area (Å²) in [5, 5.41) is 49.5. The minimum Gasteiger partial charge on any atom is -0.507 e. The lowest BCUT2D eigenvalue weighted by molar-refractivity contribution is -0.115. The Hall–Kier alpha value is -2.42. The molecule has 2 amide bonds. The van der Waals surface area contributed by atoms with Crippen LogP contribution in [-0.4, -0.2) is 68.5 Å². The van der Waals surface area contributed by atoms with E-state index in [0.717, 1.165) is 74.0 Å². The highest BCUT2D eigenvalue weighted by molar-refractivity contribution is 9.11. The molecule has 0 aliphatic carbocycles. The van der Waals surface area contributed by atoms with Gasteiger partial charge in [0.25, 0.3) is 11.8 Å². The van der Waals surface area contributed by atoms with Gasteiger partial charge in [0.05, 0.1) is 8.95 Å². The summed E-state index contributed by atoms with van der Waals surface area (Å²) < 4.78 is 1.03. The van der Waals surface area contributed by atoms with Gasteiger partial charge >= 0.3 is 0 Å². The fourth-order valence-corrected chi connectivity index (χ4v) is 7.18. The van der Waals surface area contributed by atoms with Crippen molar-refractivity contribution >= 4 is 76.7 Å². The monoisotopic (exact) mass is 774 g/mol. The van der Waals surface area contributed by atoms with Gasteiger partial charge in [0.1, 0.15) is 22.9 Å². The van der Waals surface area contributed by atoms with E-state index < -0.39 is 11.8 Å². The summed E-state index contributed by atoms with van der Waals surface area (Å²) in [5.74, 6) is 1.59. The highest BCUT2D eigenvalue weighted by atomic mass is 79.9. The van der Waals surface area contributed by atoms with E-state index in [1.54, 1.807) is 24.3 Å². The maximum atomic E-state index is 12.3. The van der Waals surface area contributed by atoms with Crippen molar-refractivity contribution < 1.29 is 30.2 Å². The van der Waals surface area contributed by atoms with Crippen LogP contribution in [0.25, 0.3) is 0 Å². The van der Waals surface area contributed by atoms with Crippen molar-refractivity contribution in [2.24, 2.45) is 10.3 Å². The van der Waals surface area contributed by atoms with Crippen LogP contribution in [0.2, 0.25) is 0 Å². The number of phenolic OH excluding ortho intramolecular Hbond substituents is 2. The summed E-state index contributed by atoms with van der Waals surface area (Å²) in [6.07, 6.45) is 8.49. The van der Waals surface area contributed by atoms with Crippen LogP contribution >= 0.6 is 53.4 Å². The zero-order chi connectivity index (χ0) is 32.2. The fourth-order valence-electron chi connectivity index (χ4n) is 4.03. The number of unbranched alkanes of at least 4 members (excludes halogenated alkanes) is 6. The molecule has 14 heteroatoms. The number of halogens is 2. The van der Waals surface area contributed by atoms with Gasteiger partial charge in [-0.2, -0.15) is 0 Å². The van der Waals surface area contributed by atoms with E-state index in [0.29, 0.717) is 22.0 Å². The Morgan fingerprint density at radius 1 is 0.636 bits per heavy atom. The standard InChI is InChI=1S/C30H40Br2N4O6S2/c31-23-17-21(9-11-27(23)37)19-25(35-41)29(39)33-13-5-1-3-7-15-43-44-16-8-4-2-6-14-34-30(40)26(36-42)20-22-10-12-28(38)24(32)18-22/h9-12,17-18,37-38,41-42H,1-8,13-16,19-20H2,(H,33,39)(H,34,40)/b35-25+,36-26+. The number of hydrogen-bond acceptors (Lipinski definition) is 10. The Bertz CT molecular complexity index is 1170. The average molecular weight is 777 g/mol. The Morgan fingerprint density at radius 2 is 1.02 bits per heavy atom. The summed E-state index contributed by atoms with van der Waals surface area (Å²) in [7, 11) is 3.77. The van der Waals surface area contributed by atoms with E-state index in [-0.39, 0.29) is 35.8 Å². The van der Waals surface area contributed by atoms with E-state index in [2.05, 4.69) is 52.8 Å². The molecule has 0 aliphatic rings. The van der Waals surface area contributed by atoms with Gasteiger partial charge in [-0.05, 0) is 92.9 Å². The van der Waals surface area contributed by atoms with E-state index in [4.69, 9.17) is 0 Å². The number of nitrogens with one attached hydrogen (secondary N) is 2. The highest BCUT2D eigenvalue weighted by Crippen LogP contribution is 2.26. The molecule has 0 saturated heterocycles. The van der Waals surface area contributed by atoms with Crippen molar-refractivity contribution in [2.75, 3.05) is 24.6 Å². The molecule has 44 heavy (non-hydrogen) atoms. The zero-order valence-electron chi connectivity index (χ0n) is 24.4. The van der Waals surface area contributed by atoms with Crippen molar-refractivity contribution in [2.45, 2.75) is 64.2 Å². The second kappa shape index (κ2) is 22.1. The fraction of sp³-hybridized carbons (Fsp3) is 0.467. The molecule has 10 nitrogen and oxygen atoms in total. The third kappa shape index (κ3) is 15.0. The first-order valence-electron chi connectivity index (χ1n) is 14.4. The van der Waals surface area contributed by atoms with Crippen molar-refractivity contribution in [1.82, 2.24) is 10.6 Å². The number of aromatic hydroxyl groups is 2. The van der Waals surface area contributed by atoms with Gasteiger partial charge in [-0.3, -0.25) is 9.59 Å². The lowest BCUT2D eigenvalue weighted by Gasteiger charge is -2.08. The smallest absolute Gasteiger partial charge is 0.269 e. The molecule has 0 saturated carbocycles. The molecule has 0 unspecified atom stereocenters. The summed E-state index contributed by atoms with van der Waals surface area (Å²) in [6.45, 7) is 1.05. The predicted molar refractivity (Wildman–Crippen MR) is 185 cm³/mol. The van der Waals surface area contributed by atoms with Crippen LogP contribution in [0.4, 0.5) is 0 Å². The number of rotatable bonds is 21. The molecule has 0 fully saturated rings. The first-order valence-corrected chi connectivity index (χ1v) is 18.5. The normalized spacial score (nSPS) is 11.9. The molecule has 2 rings (SSSR count). The molecule has 242 valence electrons. The number of amides is 2. The van der Waals surface area contributed by atoms with Crippen LogP contribution in [0.1, 0.15) is 62.5 Å². The third-order valence-corrected chi connectivity index (χ3v) is 10.3. The van der Waals surface area contributed by atoms with E-state index >= 15 is 0 Å². The first-order chi connectivity index (χ1) is 21.2. The topological polar surface area (TPSA) is 164 Å². The lowest BCUT2D eigenvalue weighted by atomic mass is 10.1. The molecule has 0 heterocycles. The van der Waals surface area contributed by atoms with Crippen LogP contribution in [-0.2, 0) is 22.4 Å². The molecule has 0 aliphatic heterocycles. The van der Waals surface area contributed by atoms with Crippen molar-refractivity contribution in [3.8, 4) is 11.5 Å². The third-order valence-electron chi connectivity index (χ3n) is 6.50. The number of benzene rings is 2. The summed E-state index contributed by atoms with van der Waals surface area (Å²) >= 11 is 6.47. The Morgan fingerprint density at radius 3 is 1.39 bits per heavy atom. The molecule has 0 radical (unpaired) electrons. The maximum Gasteiger partial charge on any atom is 0.269 e. The van der Waals surface area contributed by atoms with Gasteiger partial charge in [0.2, 0.25) is 0 Å². The number of carbonyl (C=O) groups is 2. The maximum absolute atomic E-state index is 12.3. The Kier molecular flexibility index (Phi) is 19.0. The Balaban J connectivity index is 1.40. The predicted octanol–water partition coefficient (Wildman–Crippen LogP) is 6.80. The van der Waals surface area contributed by atoms with Gasteiger partial charge < -0.3 is 31.3 Å². The van der Waals surface area contributed by atoms with Crippen LogP contribution in [0.5, 0.6) is 11.5 Å². The first kappa shape index (κ1) is 37.8. The highest BCUT2D eigenvalue weighted by Gasteiger charge is 2.14. The summed E-state index contributed by atoms with van der Waals surface area (Å²) in [5.41, 5.74) is 1.55. The van der Waals surface area contributed by atoms with Crippen molar-refractivity contribution in [1.29, 1.82) is 0 Å². The number of oxime groups is 2.